The van der Waals surface area contributed by atoms with Gasteiger partial charge in [0.1, 0.15) is 11.4 Å². The van der Waals surface area contributed by atoms with Gasteiger partial charge in [-0.05, 0) is 26.3 Å². The maximum absolute atomic E-state index is 11.9. The lowest BCUT2D eigenvalue weighted by molar-refractivity contribution is -0.385. The van der Waals surface area contributed by atoms with Gasteiger partial charge >= 0.3 is 6.09 Å². The van der Waals surface area contributed by atoms with Gasteiger partial charge in [-0.25, -0.2) is 10.2 Å². The van der Waals surface area contributed by atoms with Crippen molar-refractivity contribution >= 4 is 18.0 Å². The molecule has 22 heavy (non-hydrogen) atoms. The highest BCUT2D eigenvalue weighted by atomic mass is 16.6. The first-order chi connectivity index (χ1) is 10.1. The van der Waals surface area contributed by atoms with Crippen LogP contribution in [0.15, 0.2) is 17.2 Å². The summed E-state index contributed by atoms with van der Waals surface area (Å²) in [7, 11) is 1.22. The molecule has 1 rings (SSSR count). The zero-order valence-corrected chi connectivity index (χ0v) is 12.6. The highest BCUT2D eigenvalue weighted by molar-refractivity contribution is 5.86. The summed E-state index contributed by atoms with van der Waals surface area (Å²) < 4.78 is 9.72. The van der Waals surface area contributed by atoms with Crippen LogP contribution in [0, 0.1) is 10.1 Å². The summed E-state index contributed by atoms with van der Waals surface area (Å²) in [4.78, 5) is 21.5. The molecule has 0 aliphatic carbocycles. The average molecular weight is 310 g/mol. The van der Waals surface area contributed by atoms with E-state index < -0.39 is 22.4 Å². The van der Waals surface area contributed by atoms with Crippen molar-refractivity contribution in [3.63, 3.8) is 0 Å². The topological polar surface area (TPSA) is 126 Å². The van der Waals surface area contributed by atoms with Crippen LogP contribution in [0.25, 0.3) is 0 Å². The average Bonchev–Trinajstić information content (AvgIpc) is 2.38. The molecule has 1 aromatic rings. The van der Waals surface area contributed by atoms with E-state index in [4.69, 9.17) is 9.47 Å². The minimum Gasteiger partial charge on any atom is -0.870 e. The van der Waals surface area contributed by atoms with Crippen LogP contribution in [0.2, 0.25) is 0 Å². The lowest BCUT2D eigenvalue weighted by Crippen LogP contribution is -2.29. The largest absolute Gasteiger partial charge is 0.870 e. The minimum atomic E-state index is -0.811. The summed E-state index contributed by atoms with van der Waals surface area (Å²) >= 11 is 0. The predicted octanol–water partition coefficient (Wildman–Crippen LogP) is 1.54. The van der Waals surface area contributed by atoms with Gasteiger partial charge in [0.25, 0.3) is 5.69 Å². The van der Waals surface area contributed by atoms with Gasteiger partial charge < -0.3 is 14.6 Å². The van der Waals surface area contributed by atoms with Gasteiger partial charge in [0.05, 0.1) is 24.3 Å². The van der Waals surface area contributed by atoms with Crippen molar-refractivity contribution in [3.8, 4) is 11.5 Å². The third-order valence-corrected chi connectivity index (χ3v) is 2.26. The van der Waals surface area contributed by atoms with Crippen molar-refractivity contribution in [1.29, 1.82) is 0 Å². The molecule has 0 spiro atoms. The van der Waals surface area contributed by atoms with Crippen LogP contribution in [0.4, 0.5) is 10.5 Å². The highest BCUT2D eigenvalue weighted by Gasteiger charge is 2.15. The van der Waals surface area contributed by atoms with E-state index in [-0.39, 0.29) is 17.0 Å². The number of nitrogens with one attached hydrogen (secondary N) is 1. The second-order valence-electron chi connectivity index (χ2n) is 5.20. The van der Waals surface area contributed by atoms with Gasteiger partial charge in [-0.1, -0.05) is 5.75 Å². The number of nitro benzene ring substituents is 1. The first-order valence-corrected chi connectivity index (χ1v) is 6.19. The lowest BCUT2D eigenvalue weighted by atomic mass is 10.2. The number of carbonyl (C=O) groups excluding carboxylic acids is 1. The number of methoxy groups -OCH3 is 1. The Balaban J connectivity index is 2.93. The molecule has 0 saturated heterocycles. The lowest BCUT2D eigenvalue weighted by Gasteiger charge is -2.18. The molecule has 0 fully saturated rings. The monoisotopic (exact) mass is 310 g/mol. The number of non-ortho nitro benzene ring substituents is 1. The fraction of sp³-hybridized carbons (Fsp3) is 0.385. The van der Waals surface area contributed by atoms with Gasteiger partial charge in [-0.15, -0.1) is 0 Å². The minimum absolute atomic E-state index is 0.0953. The molecule has 120 valence electrons. The van der Waals surface area contributed by atoms with E-state index in [1.54, 1.807) is 20.8 Å². The molecule has 0 unspecified atom stereocenters. The number of benzene rings is 1. The molecule has 1 aromatic carbocycles. The number of carbonyl (C=O) groups is 1. The Bertz CT molecular complexity index is 607. The van der Waals surface area contributed by atoms with E-state index in [2.05, 4.69) is 10.5 Å². The van der Waals surface area contributed by atoms with Crippen LogP contribution in [-0.4, -0.2) is 29.9 Å². The molecular formula is C13H16N3O6-. The zero-order valence-electron chi connectivity index (χ0n) is 12.6. The molecule has 0 radical (unpaired) electrons. The van der Waals surface area contributed by atoms with E-state index >= 15 is 0 Å². The molecule has 0 heterocycles. The second kappa shape index (κ2) is 6.74. The molecule has 0 bridgehead atoms. The quantitative estimate of drug-likeness (QED) is 0.510. The fourth-order valence-corrected chi connectivity index (χ4v) is 1.42. The van der Waals surface area contributed by atoms with Crippen molar-refractivity contribution in [3.05, 3.63) is 27.8 Å². The van der Waals surface area contributed by atoms with Crippen LogP contribution in [0.3, 0.4) is 0 Å². The number of nitro groups is 1. The predicted molar refractivity (Wildman–Crippen MR) is 76.1 cm³/mol. The van der Waals surface area contributed by atoms with E-state index in [1.165, 1.54) is 7.11 Å². The van der Waals surface area contributed by atoms with Crippen molar-refractivity contribution < 1.29 is 24.3 Å². The summed E-state index contributed by atoms with van der Waals surface area (Å²) in [5.41, 5.74) is 0.944. The number of hydrogen-bond acceptors (Lipinski definition) is 7. The molecular weight excluding hydrogens is 294 g/mol. The maximum Gasteiger partial charge on any atom is 0.428 e. The number of nitrogens with zero attached hydrogens (tertiary/aromatic N) is 2. The molecule has 0 aromatic heterocycles. The van der Waals surface area contributed by atoms with Crippen LogP contribution < -0.4 is 15.3 Å². The van der Waals surface area contributed by atoms with Crippen LogP contribution in [0.1, 0.15) is 26.3 Å². The number of amides is 1. The molecule has 0 aliphatic rings. The first kappa shape index (κ1) is 17.2. The molecule has 0 aliphatic heterocycles. The van der Waals surface area contributed by atoms with Gasteiger partial charge in [0.2, 0.25) is 0 Å². The number of hydrogen-bond donors (Lipinski definition) is 1. The molecule has 0 saturated carbocycles. The van der Waals surface area contributed by atoms with Gasteiger partial charge in [-0.2, -0.15) is 5.10 Å². The maximum atomic E-state index is 11.9. The molecule has 9 heteroatoms. The van der Waals surface area contributed by atoms with Crippen molar-refractivity contribution in [2.45, 2.75) is 26.4 Å². The van der Waals surface area contributed by atoms with E-state index in [0.717, 1.165) is 18.3 Å². The zero-order chi connectivity index (χ0) is 16.9. The van der Waals surface area contributed by atoms with Crippen LogP contribution in [0.5, 0.6) is 11.5 Å². The van der Waals surface area contributed by atoms with Gasteiger partial charge in [-0.3, -0.25) is 10.1 Å². The number of ether oxygens (including phenoxy) is 2. The Hall–Kier alpha value is -2.84. The highest BCUT2D eigenvalue weighted by Crippen LogP contribution is 2.31. The summed E-state index contributed by atoms with van der Waals surface area (Å²) in [5.74, 6) is -0.768. The van der Waals surface area contributed by atoms with Crippen molar-refractivity contribution in [1.82, 2.24) is 5.43 Å². The SMILES string of the molecule is COc1cc([N+](=O)[O-])cc(/C=N\NC(=O)OC(C)(C)C)c1[O-]. The van der Waals surface area contributed by atoms with Crippen LogP contribution in [-0.2, 0) is 4.74 Å². The van der Waals surface area contributed by atoms with Gasteiger partial charge in [0, 0.05) is 6.07 Å². The number of rotatable bonds is 4. The Labute approximate surface area is 126 Å². The number of hydrazone groups is 1. The van der Waals surface area contributed by atoms with Crippen molar-refractivity contribution in [2.75, 3.05) is 7.11 Å². The smallest absolute Gasteiger partial charge is 0.428 e. The summed E-state index contributed by atoms with van der Waals surface area (Å²) in [6.07, 6.45) is 0.176. The van der Waals surface area contributed by atoms with Gasteiger partial charge in [0.15, 0.2) is 0 Å². The summed E-state index contributed by atoms with van der Waals surface area (Å²) in [5, 5.41) is 26.2. The third-order valence-electron chi connectivity index (χ3n) is 2.26. The third kappa shape index (κ3) is 4.93. The molecule has 1 amide bonds. The Morgan fingerprint density at radius 2 is 2.05 bits per heavy atom. The molecule has 1 N–H and O–H groups in total. The Morgan fingerprint density at radius 1 is 1.41 bits per heavy atom. The van der Waals surface area contributed by atoms with E-state index in [1.807, 2.05) is 0 Å². The molecule has 9 nitrogen and oxygen atoms in total. The summed E-state index contributed by atoms with van der Waals surface area (Å²) in [6, 6.07) is 2.05. The van der Waals surface area contributed by atoms with Crippen molar-refractivity contribution in [2.24, 2.45) is 5.10 Å². The van der Waals surface area contributed by atoms with E-state index in [0.29, 0.717) is 0 Å². The fourth-order valence-electron chi connectivity index (χ4n) is 1.42. The second-order valence-corrected chi connectivity index (χ2v) is 5.20. The Morgan fingerprint density at radius 3 is 2.55 bits per heavy atom. The van der Waals surface area contributed by atoms with Crippen LogP contribution >= 0.6 is 0 Å². The standard InChI is InChI=1S/C13H17N3O6/c1-13(2,3)22-12(18)15-14-7-8-5-9(16(19)20)6-10(21-4)11(8)17/h5-7,17H,1-4H3,(H,15,18)/p-1/b14-7-. The first-order valence-electron chi connectivity index (χ1n) is 6.19. The van der Waals surface area contributed by atoms with E-state index in [9.17, 15) is 20.0 Å². The molecule has 0 atom stereocenters. The Kier molecular flexibility index (Phi) is 5.28. The summed E-state index contributed by atoms with van der Waals surface area (Å²) in [6.45, 7) is 5.03. The normalized spacial score (nSPS) is 11.3.